The number of hydrogen-bond acceptors (Lipinski definition) is 3. The largest absolute Gasteiger partial charge is 0.463 e. The van der Waals surface area contributed by atoms with Crippen LogP contribution in [0.15, 0.2) is 10.5 Å². The summed E-state index contributed by atoms with van der Waals surface area (Å²) in [5.74, 6) is 2.89. The summed E-state index contributed by atoms with van der Waals surface area (Å²) in [6.07, 6.45) is 2.64. The van der Waals surface area contributed by atoms with E-state index in [0.717, 1.165) is 31.2 Å². The van der Waals surface area contributed by atoms with Gasteiger partial charge in [0.25, 0.3) is 0 Å². The van der Waals surface area contributed by atoms with Gasteiger partial charge in [0.1, 0.15) is 11.5 Å². The first-order chi connectivity index (χ1) is 9.85. The standard InChI is InChI=1S/C18H32N2O/c1-14(2)10-19-11-17-15(3)9-16(21-17)12-20-8-6-7-18(4,5)13-20/h9,14,19H,6-8,10-13H2,1-5H3. The molecule has 120 valence electrons. The van der Waals surface area contributed by atoms with E-state index in [1.54, 1.807) is 0 Å². The van der Waals surface area contributed by atoms with Gasteiger partial charge in [-0.3, -0.25) is 4.90 Å². The van der Waals surface area contributed by atoms with E-state index in [4.69, 9.17) is 4.42 Å². The molecule has 1 aliphatic heterocycles. The second-order valence-electron chi connectivity index (χ2n) is 7.82. The molecule has 0 saturated carbocycles. The number of furan rings is 1. The molecule has 0 unspecified atom stereocenters. The molecule has 2 rings (SSSR count). The quantitative estimate of drug-likeness (QED) is 0.860. The van der Waals surface area contributed by atoms with E-state index in [2.05, 4.69) is 50.9 Å². The Morgan fingerprint density at radius 3 is 2.81 bits per heavy atom. The smallest absolute Gasteiger partial charge is 0.120 e. The van der Waals surface area contributed by atoms with Crippen LogP contribution in [-0.2, 0) is 13.1 Å². The van der Waals surface area contributed by atoms with Crippen molar-refractivity contribution in [1.82, 2.24) is 10.2 Å². The van der Waals surface area contributed by atoms with Gasteiger partial charge in [-0.2, -0.15) is 0 Å². The van der Waals surface area contributed by atoms with Gasteiger partial charge in [-0.1, -0.05) is 27.7 Å². The SMILES string of the molecule is Cc1cc(CN2CCCC(C)(C)C2)oc1CNCC(C)C. The van der Waals surface area contributed by atoms with Crippen molar-refractivity contribution in [3.05, 3.63) is 23.2 Å². The first-order valence-corrected chi connectivity index (χ1v) is 8.37. The van der Waals surface area contributed by atoms with Crippen molar-refractivity contribution < 1.29 is 4.42 Å². The lowest BCUT2D eigenvalue weighted by molar-refractivity contribution is 0.104. The number of piperidine rings is 1. The normalized spacial score (nSPS) is 19.3. The van der Waals surface area contributed by atoms with Crippen molar-refractivity contribution in [2.75, 3.05) is 19.6 Å². The minimum Gasteiger partial charge on any atom is -0.463 e. The number of hydrogen-bond donors (Lipinski definition) is 1. The number of rotatable bonds is 6. The van der Waals surface area contributed by atoms with Crippen molar-refractivity contribution in [2.24, 2.45) is 11.3 Å². The Morgan fingerprint density at radius 2 is 2.14 bits per heavy atom. The van der Waals surface area contributed by atoms with Gasteiger partial charge in [0, 0.05) is 6.54 Å². The fourth-order valence-corrected chi connectivity index (χ4v) is 3.22. The third-order valence-corrected chi connectivity index (χ3v) is 4.27. The van der Waals surface area contributed by atoms with Crippen LogP contribution < -0.4 is 5.32 Å². The van der Waals surface area contributed by atoms with Crippen molar-refractivity contribution in [2.45, 2.75) is 60.5 Å². The van der Waals surface area contributed by atoms with Crippen LogP contribution in [0.25, 0.3) is 0 Å². The highest BCUT2D eigenvalue weighted by Gasteiger charge is 2.26. The Kier molecular flexibility index (Phi) is 5.50. The Morgan fingerprint density at radius 1 is 1.38 bits per heavy atom. The van der Waals surface area contributed by atoms with Crippen molar-refractivity contribution in [1.29, 1.82) is 0 Å². The molecule has 0 spiro atoms. The highest BCUT2D eigenvalue weighted by Crippen LogP contribution is 2.29. The molecule has 3 heteroatoms. The molecule has 3 nitrogen and oxygen atoms in total. The molecule has 1 aromatic rings. The van der Waals surface area contributed by atoms with Gasteiger partial charge in [0.2, 0.25) is 0 Å². The molecule has 0 aromatic carbocycles. The molecule has 1 fully saturated rings. The van der Waals surface area contributed by atoms with Crippen LogP contribution in [0.2, 0.25) is 0 Å². The van der Waals surface area contributed by atoms with Crippen molar-refractivity contribution >= 4 is 0 Å². The van der Waals surface area contributed by atoms with Crippen LogP contribution in [0.4, 0.5) is 0 Å². The molecule has 21 heavy (non-hydrogen) atoms. The fourth-order valence-electron chi connectivity index (χ4n) is 3.22. The van der Waals surface area contributed by atoms with E-state index in [-0.39, 0.29) is 0 Å². The van der Waals surface area contributed by atoms with Gasteiger partial charge >= 0.3 is 0 Å². The maximum atomic E-state index is 6.06. The molecule has 1 aliphatic rings. The van der Waals surface area contributed by atoms with E-state index in [1.165, 1.54) is 31.5 Å². The molecule has 1 saturated heterocycles. The molecule has 0 amide bonds. The van der Waals surface area contributed by atoms with Gasteiger partial charge in [-0.05, 0) is 55.8 Å². The van der Waals surface area contributed by atoms with Crippen LogP contribution in [-0.4, -0.2) is 24.5 Å². The van der Waals surface area contributed by atoms with Gasteiger partial charge in [-0.25, -0.2) is 0 Å². The third-order valence-electron chi connectivity index (χ3n) is 4.27. The van der Waals surface area contributed by atoms with E-state index < -0.39 is 0 Å². The predicted molar refractivity (Wildman–Crippen MR) is 88.3 cm³/mol. The van der Waals surface area contributed by atoms with Crippen LogP contribution >= 0.6 is 0 Å². The number of likely N-dealkylation sites (tertiary alicyclic amines) is 1. The topological polar surface area (TPSA) is 28.4 Å². The van der Waals surface area contributed by atoms with E-state index >= 15 is 0 Å². The minimum atomic E-state index is 0.446. The van der Waals surface area contributed by atoms with Crippen LogP contribution in [0, 0.1) is 18.3 Å². The molecule has 0 bridgehead atoms. The second-order valence-corrected chi connectivity index (χ2v) is 7.82. The summed E-state index contributed by atoms with van der Waals surface area (Å²) in [6.45, 7) is 16.6. The summed E-state index contributed by atoms with van der Waals surface area (Å²) in [4.78, 5) is 2.53. The minimum absolute atomic E-state index is 0.446. The molecule has 1 aromatic heterocycles. The predicted octanol–water partition coefficient (Wildman–Crippen LogP) is 3.96. The van der Waals surface area contributed by atoms with Crippen molar-refractivity contribution in [3.8, 4) is 0 Å². The molecule has 1 N–H and O–H groups in total. The average molecular weight is 292 g/mol. The molecule has 0 radical (unpaired) electrons. The van der Waals surface area contributed by atoms with E-state index in [0.29, 0.717) is 11.3 Å². The first-order valence-electron chi connectivity index (χ1n) is 8.37. The fraction of sp³-hybridized carbons (Fsp3) is 0.778. The summed E-state index contributed by atoms with van der Waals surface area (Å²) in [5.41, 5.74) is 1.72. The number of aryl methyl sites for hydroxylation is 1. The van der Waals surface area contributed by atoms with Gasteiger partial charge in [-0.15, -0.1) is 0 Å². The average Bonchev–Trinajstić information content (AvgIpc) is 2.68. The zero-order chi connectivity index (χ0) is 15.5. The van der Waals surface area contributed by atoms with Gasteiger partial charge in [0.15, 0.2) is 0 Å². The molecule has 0 aliphatic carbocycles. The van der Waals surface area contributed by atoms with Gasteiger partial charge < -0.3 is 9.73 Å². The maximum absolute atomic E-state index is 6.06. The third kappa shape index (κ3) is 5.15. The zero-order valence-electron chi connectivity index (χ0n) is 14.5. The van der Waals surface area contributed by atoms with E-state index in [1.807, 2.05) is 0 Å². The Hall–Kier alpha value is -0.800. The summed E-state index contributed by atoms with van der Waals surface area (Å²) in [6, 6.07) is 2.22. The van der Waals surface area contributed by atoms with Gasteiger partial charge in [0.05, 0.1) is 13.1 Å². The second kappa shape index (κ2) is 6.97. The number of nitrogens with one attached hydrogen (secondary N) is 1. The molecule has 2 heterocycles. The molecular weight excluding hydrogens is 260 g/mol. The highest BCUT2D eigenvalue weighted by atomic mass is 16.3. The Labute approximate surface area is 130 Å². The Bertz CT molecular complexity index is 448. The molecular formula is C18H32N2O. The summed E-state index contributed by atoms with van der Waals surface area (Å²) in [5, 5.41) is 3.46. The lowest BCUT2D eigenvalue weighted by atomic mass is 9.84. The van der Waals surface area contributed by atoms with E-state index in [9.17, 15) is 0 Å². The summed E-state index contributed by atoms with van der Waals surface area (Å²) in [7, 11) is 0. The first kappa shape index (κ1) is 16.6. The summed E-state index contributed by atoms with van der Waals surface area (Å²) >= 11 is 0. The Balaban J connectivity index is 1.89. The summed E-state index contributed by atoms with van der Waals surface area (Å²) < 4.78 is 6.06. The van der Waals surface area contributed by atoms with Crippen LogP contribution in [0.5, 0.6) is 0 Å². The van der Waals surface area contributed by atoms with Crippen LogP contribution in [0.3, 0.4) is 0 Å². The lowest BCUT2D eigenvalue weighted by Gasteiger charge is -2.37. The molecule has 0 atom stereocenters. The maximum Gasteiger partial charge on any atom is 0.120 e. The zero-order valence-corrected chi connectivity index (χ0v) is 14.5. The monoisotopic (exact) mass is 292 g/mol. The van der Waals surface area contributed by atoms with Crippen molar-refractivity contribution in [3.63, 3.8) is 0 Å². The number of nitrogens with zero attached hydrogens (tertiary/aromatic N) is 1. The van der Waals surface area contributed by atoms with Crippen LogP contribution in [0.1, 0.15) is 57.6 Å². The lowest BCUT2D eigenvalue weighted by Crippen LogP contribution is -2.39. The highest BCUT2D eigenvalue weighted by molar-refractivity contribution is 5.20.